The van der Waals surface area contributed by atoms with Crippen LogP contribution in [0.25, 0.3) is 27.9 Å². The van der Waals surface area contributed by atoms with Gasteiger partial charge in [-0.05, 0) is 75.3 Å². The van der Waals surface area contributed by atoms with E-state index in [-0.39, 0.29) is 0 Å². The Balaban J connectivity index is 1.22. The molecule has 2 saturated heterocycles. The van der Waals surface area contributed by atoms with Crippen molar-refractivity contribution in [1.29, 1.82) is 0 Å². The zero-order chi connectivity index (χ0) is 24.6. The third kappa shape index (κ3) is 4.61. The number of benzene rings is 2. The van der Waals surface area contributed by atoms with Crippen LogP contribution in [-0.4, -0.2) is 76.8 Å². The van der Waals surface area contributed by atoms with Crippen LogP contribution in [0.4, 0.5) is 5.69 Å². The Morgan fingerprint density at radius 3 is 2.33 bits per heavy atom. The second-order valence-electron chi connectivity index (χ2n) is 10.2. The maximum absolute atomic E-state index is 6.23. The minimum atomic E-state index is 0.720. The van der Waals surface area contributed by atoms with E-state index in [4.69, 9.17) is 16.6 Å². The van der Waals surface area contributed by atoms with Gasteiger partial charge >= 0.3 is 0 Å². The third-order valence-electron chi connectivity index (χ3n) is 7.86. The van der Waals surface area contributed by atoms with Crippen molar-refractivity contribution in [3.05, 3.63) is 71.6 Å². The van der Waals surface area contributed by atoms with Crippen LogP contribution in [-0.2, 0) is 0 Å². The number of hydrogen-bond donors (Lipinski definition) is 0. The lowest BCUT2D eigenvalue weighted by molar-refractivity contribution is 0.115. The molecular weight excluding hydrogens is 468 g/mol. The van der Waals surface area contributed by atoms with Crippen LogP contribution < -0.4 is 4.90 Å². The third-order valence-corrected chi connectivity index (χ3v) is 8.10. The van der Waals surface area contributed by atoms with E-state index in [0.717, 1.165) is 70.8 Å². The highest BCUT2D eigenvalue weighted by Gasteiger charge is 2.26. The van der Waals surface area contributed by atoms with Crippen LogP contribution in [0, 0.1) is 6.92 Å². The van der Waals surface area contributed by atoms with Gasteiger partial charge in [-0.2, -0.15) is 5.10 Å². The molecule has 2 aliphatic heterocycles. The Morgan fingerprint density at radius 1 is 0.861 bits per heavy atom. The first-order valence-corrected chi connectivity index (χ1v) is 13.3. The van der Waals surface area contributed by atoms with Crippen molar-refractivity contribution in [2.24, 2.45) is 0 Å². The van der Waals surface area contributed by atoms with Gasteiger partial charge in [0.2, 0.25) is 0 Å². The number of likely N-dealkylation sites (tertiary alicyclic amines) is 1. The highest BCUT2D eigenvalue weighted by molar-refractivity contribution is 6.30. The number of rotatable bonds is 4. The molecule has 0 aliphatic carbocycles. The van der Waals surface area contributed by atoms with Gasteiger partial charge in [-0.3, -0.25) is 4.90 Å². The van der Waals surface area contributed by atoms with E-state index < -0.39 is 0 Å². The Bertz CT molecular complexity index is 1370. The van der Waals surface area contributed by atoms with Gasteiger partial charge in [-0.1, -0.05) is 35.9 Å². The van der Waals surface area contributed by atoms with Crippen molar-refractivity contribution in [2.45, 2.75) is 25.8 Å². The summed E-state index contributed by atoms with van der Waals surface area (Å²) in [7, 11) is 2.24. The molecule has 4 aromatic rings. The van der Waals surface area contributed by atoms with E-state index in [1.807, 2.05) is 35.8 Å². The Hall–Kier alpha value is -2.93. The van der Waals surface area contributed by atoms with Gasteiger partial charge in [0.15, 0.2) is 5.65 Å². The van der Waals surface area contributed by atoms with Crippen molar-refractivity contribution in [3.63, 3.8) is 0 Å². The summed E-state index contributed by atoms with van der Waals surface area (Å²) in [5.74, 6) is 0. The van der Waals surface area contributed by atoms with Crippen molar-refractivity contribution < 1.29 is 0 Å². The summed E-state index contributed by atoms with van der Waals surface area (Å²) in [6.07, 6.45) is 6.58. The van der Waals surface area contributed by atoms with Crippen LogP contribution in [0.5, 0.6) is 0 Å². The summed E-state index contributed by atoms with van der Waals surface area (Å²) in [4.78, 5) is 12.6. The van der Waals surface area contributed by atoms with Gasteiger partial charge in [-0.15, -0.1) is 0 Å². The lowest BCUT2D eigenvalue weighted by Gasteiger charge is -2.43. The summed E-state index contributed by atoms with van der Waals surface area (Å²) in [5, 5.41) is 5.37. The van der Waals surface area contributed by atoms with Gasteiger partial charge in [0.1, 0.15) is 0 Å². The number of nitrogens with zero attached hydrogens (tertiary/aromatic N) is 6. The first-order valence-electron chi connectivity index (χ1n) is 12.9. The van der Waals surface area contributed by atoms with Crippen LogP contribution in [0.1, 0.15) is 18.5 Å². The van der Waals surface area contributed by atoms with E-state index in [1.165, 1.54) is 31.6 Å². The molecule has 0 atom stereocenters. The molecule has 2 aromatic heterocycles. The van der Waals surface area contributed by atoms with Crippen molar-refractivity contribution in [3.8, 4) is 22.3 Å². The molecule has 0 saturated carbocycles. The van der Waals surface area contributed by atoms with Gasteiger partial charge in [-0.25, -0.2) is 9.50 Å². The molecule has 186 valence electrons. The fourth-order valence-electron chi connectivity index (χ4n) is 5.72. The molecule has 2 aliphatic rings. The number of piperazine rings is 1. The summed E-state index contributed by atoms with van der Waals surface area (Å²) >= 11 is 6.23. The average molecular weight is 501 g/mol. The van der Waals surface area contributed by atoms with Crippen LogP contribution in [0.3, 0.4) is 0 Å². The highest BCUT2D eigenvalue weighted by atomic mass is 35.5. The van der Waals surface area contributed by atoms with E-state index in [9.17, 15) is 0 Å². The molecule has 0 bridgehead atoms. The molecule has 6 nitrogen and oxygen atoms in total. The summed E-state index contributed by atoms with van der Waals surface area (Å²) in [6, 6.07) is 17.5. The number of piperidine rings is 1. The van der Waals surface area contributed by atoms with Crippen LogP contribution in [0.2, 0.25) is 5.02 Å². The number of fused-ring (bicyclic) bond motifs is 1. The Kier molecular flexibility index (Phi) is 6.42. The van der Waals surface area contributed by atoms with Gasteiger partial charge < -0.3 is 9.80 Å². The van der Waals surface area contributed by atoms with Crippen molar-refractivity contribution in [1.82, 2.24) is 24.4 Å². The summed E-state index contributed by atoms with van der Waals surface area (Å²) in [5.41, 5.74) is 7.42. The summed E-state index contributed by atoms with van der Waals surface area (Å²) in [6.45, 7) is 8.93. The number of hydrogen-bond acceptors (Lipinski definition) is 5. The van der Waals surface area contributed by atoms with E-state index in [2.05, 4.69) is 63.4 Å². The first kappa shape index (κ1) is 23.5. The molecule has 0 unspecified atom stereocenters. The van der Waals surface area contributed by atoms with Crippen molar-refractivity contribution >= 4 is 22.9 Å². The first-order chi connectivity index (χ1) is 17.5. The van der Waals surface area contributed by atoms with E-state index >= 15 is 0 Å². The zero-order valence-electron chi connectivity index (χ0n) is 21.1. The smallest absolute Gasteiger partial charge is 0.163 e. The standard InChI is InChI=1S/C29H33ClN6/c1-21-28(22-5-3-7-24(30)17-22)20-36-29(32-21)27(19-31-36)23-6-4-8-26(18-23)35-15-13-34(14-16-35)25-9-11-33(2)12-10-25/h3-8,17-20,25H,9-16H2,1-2H3. The number of anilines is 1. The monoisotopic (exact) mass is 500 g/mol. The molecule has 0 N–H and O–H groups in total. The molecule has 0 spiro atoms. The number of halogens is 1. The number of aryl methyl sites for hydroxylation is 1. The Labute approximate surface area is 218 Å². The summed E-state index contributed by atoms with van der Waals surface area (Å²) < 4.78 is 1.88. The SMILES string of the molecule is Cc1nc2c(-c3cccc(N4CCN(C5CCN(C)CC5)CC4)c3)cnn2cc1-c1cccc(Cl)c1. The van der Waals surface area contributed by atoms with Crippen LogP contribution in [0.15, 0.2) is 60.9 Å². The largest absolute Gasteiger partial charge is 0.369 e. The predicted molar refractivity (Wildman–Crippen MR) is 148 cm³/mol. The molecule has 4 heterocycles. The lowest BCUT2D eigenvalue weighted by atomic mass is 10.0. The molecule has 36 heavy (non-hydrogen) atoms. The van der Waals surface area contributed by atoms with Gasteiger partial charge in [0, 0.05) is 65.9 Å². The minimum Gasteiger partial charge on any atom is -0.369 e. The molecule has 0 radical (unpaired) electrons. The number of aromatic nitrogens is 3. The molecule has 6 rings (SSSR count). The second-order valence-corrected chi connectivity index (χ2v) is 10.6. The quantitative estimate of drug-likeness (QED) is 0.383. The van der Waals surface area contributed by atoms with E-state index in [1.54, 1.807) is 0 Å². The molecular formula is C29H33ClN6. The normalized spacial score (nSPS) is 18.2. The predicted octanol–water partition coefficient (Wildman–Crippen LogP) is 5.24. The maximum Gasteiger partial charge on any atom is 0.163 e. The molecule has 2 fully saturated rings. The molecule has 7 heteroatoms. The molecule has 0 amide bonds. The Morgan fingerprint density at radius 2 is 1.58 bits per heavy atom. The second kappa shape index (κ2) is 9.85. The lowest BCUT2D eigenvalue weighted by Crippen LogP contribution is -2.53. The fourth-order valence-corrected chi connectivity index (χ4v) is 5.91. The fraction of sp³-hybridized carbons (Fsp3) is 0.379. The van der Waals surface area contributed by atoms with Crippen LogP contribution >= 0.6 is 11.6 Å². The zero-order valence-corrected chi connectivity index (χ0v) is 21.8. The minimum absolute atomic E-state index is 0.720. The topological polar surface area (TPSA) is 39.9 Å². The molecule has 2 aromatic carbocycles. The average Bonchev–Trinajstić information content (AvgIpc) is 3.31. The van der Waals surface area contributed by atoms with Gasteiger partial charge in [0.05, 0.1) is 6.20 Å². The highest BCUT2D eigenvalue weighted by Crippen LogP contribution is 2.31. The van der Waals surface area contributed by atoms with Gasteiger partial charge in [0.25, 0.3) is 0 Å². The van der Waals surface area contributed by atoms with E-state index in [0.29, 0.717) is 0 Å². The maximum atomic E-state index is 6.23. The van der Waals surface area contributed by atoms with Crippen molar-refractivity contribution in [2.75, 3.05) is 51.2 Å².